The monoisotopic (exact) mass is 470 g/mol. The lowest BCUT2D eigenvalue weighted by Gasteiger charge is -2.60. The van der Waals surface area contributed by atoms with Crippen molar-refractivity contribution in [1.82, 2.24) is 0 Å². The minimum absolute atomic E-state index is 0.125. The van der Waals surface area contributed by atoms with E-state index in [0.29, 0.717) is 35.7 Å². The molecule has 0 amide bonds. The second-order valence-corrected chi connectivity index (χ2v) is 12.4. The van der Waals surface area contributed by atoms with Gasteiger partial charge in [-0.2, -0.15) is 0 Å². The smallest absolute Gasteiger partial charge is 0.330 e. The van der Waals surface area contributed by atoms with Gasteiger partial charge < -0.3 is 10.2 Å². The van der Waals surface area contributed by atoms with Gasteiger partial charge in [0.15, 0.2) is 0 Å². The Kier molecular flexibility index (Phi) is 7.60. The lowest BCUT2D eigenvalue weighted by Crippen LogP contribution is -2.52. The number of carbonyl (C=O) groups is 2. The van der Waals surface area contributed by atoms with Crippen LogP contribution in [0.25, 0.3) is 0 Å². The van der Waals surface area contributed by atoms with Crippen LogP contribution in [0.3, 0.4) is 0 Å². The maximum absolute atomic E-state index is 11.5. The Morgan fingerprint density at radius 1 is 1.15 bits per heavy atom. The van der Waals surface area contributed by atoms with Gasteiger partial charge in [0.05, 0.1) is 0 Å². The van der Waals surface area contributed by atoms with Crippen molar-refractivity contribution in [1.29, 1.82) is 0 Å². The molecule has 0 aliphatic heterocycles. The molecule has 2 N–H and O–H groups in total. The quantitative estimate of drug-likeness (QED) is 0.268. The van der Waals surface area contributed by atoms with Gasteiger partial charge in [-0.15, -0.1) is 0 Å². The normalized spacial score (nSPS) is 38.5. The maximum atomic E-state index is 11.5. The van der Waals surface area contributed by atoms with Gasteiger partial charge in [-0.05, 0) is 105 Å². The van der Waals surface area contributed by atoms with Gasteiger partial charge in [-0.3, -0.25) is 4.79 Å². The highest BCUT2D eigenvalue weighted by atomic mass is 16.4. The average Bonchev–Trinajstić information content (AvgIpc) is 3.03. The van der Waals surface area contributed by atoms with Gasteiger partial charge in [0.2, 0.25) is 0 Å². The Labute approximate surface area is 206 Å². The molecule has 0 spiro atoms. The van der Waals surface area contributed by atoms with E-state index in [2.05, 4.69) is 47.3 Å². The molecule has 0 saturated heterocycles. The molecule has 3 aliphatic rings. The number of fused-ring (bicyclic) bond motifs is 3. The summed E-state index contributed by atoms with van der Waals surface area (Å²) in [5.74, 6) is 0.491. The predicted molar refractivity (Wildman–Crippen MR) is 137 cm³/mol. The molecule has 0 aromatic rings. The topological polar surface area (TPSA) is 74.6 Å². The summed E-state index contributed by atoms with van der Waals surface area (Å²) in [6.45, 7) is 17.8. The molecule has 0 aromatic carbocycles. The van der Waals surface area contributed by atoms with Crippen molar-refractivity contribution in [2.45, 2.75) is 99.3 Å². The number of allylic oxidation sites excluding steroid dienone is 4. The van der Waals surface area contributed by atoms with Crippen LogP contribution in [-0.2, 0) is 9.59 Å². The zero-order valence-corrected chi connectivity index (χ0v) is 22.2. The Morgan fingerprint density at radius 2 is 1.82 bits per heavy atom. The Morgan fingerprint density at radius 3 is 2.41 bits per heavy atom. The highest BCUT2D eigenvalue weighted by molar-refractivity contribution is 5.85. The third-order valence-electron chi connectivity index (χ3n) is 10.7. The van der Waals surface area contributed by atoms with E-state index >= 15 is 0 Å². The van der Waals surface area contributed by atoms with E-state index in [0.717, 1.165) is 25.7 Å². The third-order valence-corrected chi connectivity index (χ3v) is 10.7. The molecule has 0 aromatic heterocycles. The van der Waals surface area contributed by atoms with E-state index in [9.17, 15) is 14.7 Å². The SMILES string of the molecule is C=C(C)C1CC[C@@H]2C(=CC[C@]3(C)[C@@H]([C@H](C)CC/C=C(/C)C(=O)O)CC[C@@]23C)[C@@]1(C)CCC(=O)O. The van der Waals surface area contributed by atoms with Crippen molar-refractivity contribution < 1.29 is 19.8 Å². The van der Waals surface area contributed by atoms with Crippen LogP contribution < -0.4 is 0 Å². The van der Waals surface area contributed by atoms with E-state index in [1.54, 1.807) is 6.92 Å². The van der Waals surface area contributed by atoms with E-state index in [-0.39, 0.29) is 22.7 Å². The molecule has 4 heteroatoms. The number of rotatable bonds is 9. The summed E-state index contributed by atoms with van der Waals surface area (Å²) in [5, 5.41) is 18.6. The highest BCUT2D eigenvalue weighted by Gasteiger charge is 2.63. The van der Waals surface area contributed by atoms with Crippen molar-refractivity contribution in [3.8, 4) is 0 Å². The summed E-state index contributed by atoms with van der Waals surface area (Å²) in [4.78, 5) is 22.7. The Balaban J connectivity index is 1.89. The number of hydrogen-bond acceptors (Lipinski definition) is 2. The van der Waals surface area contributed by atoms with Crippen LogP contribution in [0.2, 0.25) is 0 Å². The van der Waals surface area contributed by atoms with Gasteiger partial charge in [-0.25, -0.2) is 4.79 Å². The zero-order valence-electron chi connectivity index (χ0n) is 22.2. The molecule has 2 fully saturated rings. The van der Waals surface area contributed by atoms with Gasteiger partial charge in [-0.1, -0.05) is 57.6 Å². The van der Waals surface area contributed by atoms with Crippen molar-refractivity contribution >= 4 is 11.9 Å². The second-order valence-electron chi connectivity index (χ2n) is 12.4. The van der Waals surface area contributed by atoms with Crippen LogP contribution in [0, 0.1) is 39.9 Å². The van der Waals surface area contributed by atoms with Crippen LogP contribution in [0.1, 0.15) is 99.3 Å². The Bertz CT molecular complexity index is 897. The summed E-state index contributed by atoms with van der Waals surface area (Å²) in [6, 6.07) is 0. The lowest BCUT2D eigenvalue weighted by molar-refractivity contribution is -0.138. The van der Waals surface area contributed by atoms with Crippen LogP contribution in [0.4, 0.5) is 0 Å². The fraction of sp³-hybridized carbons (Fsp3) is 0.733. The molecule has 34 heavy (non-hydrogen) atoms. The first-order valence-corrected chi connectivity index (χ1v) is 13.3. The fourth-order valence-corrected chi connectivity index (χ4v) is 8.44. The van der Waals surface area contributed by atoms with Crippen LogP contribution in [-0.4, -0.2) is 22.2 Å². The van der Waals surface area contributed by atoms with E-state index in [4.69, 9.17) is 5.11 Å². The first kappa shape index (κ1) is 26.8. The zero-order chi connectivity index (χ0) is 25.5. The number of carboxylic acid groups (broad SMARTS) is 2. The minimum Gasteiger partial charge on any atom is -0.481 e. The number of aliphatic carboxylic acids is 2. The van der Waals surface area contributed by atoms with Crippen LogP contribution in [0.15, 0.2) is 35.5 Å². The standard InChI is InChI=1S/C30H46O4/c1-19(2)22-11-12-25-24(28(22,5)16-15-26(31)32)14-18-29(6)23(13-17-30(25,29)7)20(3)9-8-10-21(4)27(33)34/h10,14,20,22-23,25H,1,8-9,11-13,15-18H2,2-7H3,(H,31,32)(H,33,34)/b21-10-/t20-,22?,23-,25-,28+,29-,30+/m1/s1. The van der Waals surface area contributed by atoms with Gasteiger partial charge >= 0.3 is 11.9 Å². The molecule has 2 saturated carbocycles. The van der Waals surface area contributed by atoms with Gasteiger partial charge in [0.1, 0.15) is 0 Å². The summed E-state index contributed by atoms with van der Waals surface area (Å²) in [5.41, 5.74) is 3.45. The van der Waals surface area contributed by atoms with Crippen LogP contribution >= 0.6 is 0 Å². The van der Waals surface area contributed by atoms with E-state index in [1.165, 1.54) is 30.4 Å². The van der Waals surface area contributed by atoms with Gasteiger partial charge in [0, 0.05) is 12.0 Å². The maximum Gasteiger partial charge on any atom is 0.330 e. The molecule has 0 bridgehead atoms. The molecule has 0 radical (unpaired) electrons. The van der Waals surface area contributed by atoms with Crippen molar-refractivity contribution in [2.75, 3.05) is 0 Å². The third kappa shape index (κ3) is 4.42. The number of hydrogen-bond donors (Lipinski definition) is 2. The second kappa shape index (κ2) is 9.66. The molecule has 190 valence electrons. The minimum atomic E-state index is -0.825. The molecule has 3 rings (SSSR count). The summed E-state index contributed by atoms with van der Waals surface area (Å²) >= 11 is 0. The molecular weight excluding hydrogens is 424 g/mol. The highest BCUT2D eigenvalue weighted by Crippen LogP contribution is 2.71. The van der Waals surface area contributed by atoms with E-state index < -0.39 is 11.9 Å². The van der Waals surface area contributed by atoms with Crippen LogP contribution in [0.5, 0.6) is 0 Å². The van der Waals surface area contributed by atoms with Gasteiger partial charge in [0.25, 0.3) is 0 Å². The molecule has 3 aliphatic carbocycles. The average molecular weight is 471 g/mol. The first-order chi connectivity index (χ1) is 15.8. The molecule has 4 nitrogen and oxygen atoms in total. The molecule has 1 unspecified atom stereocenters. The van der Waals surface area contributed by atoms with Crippen molar-refractivity contribution in [3.63, 3.8) is 0 Å². The molecular formula is C30H46O4. The Hall–Kier alpha value is -1.84. The van der Waals surface area contributed by atoms with Crippen molar-refractivity contribution in [2.24, 2.45) is 39.9 Å². The largest absolute Gasteiger partial charge is 0.481 e. The summed E-state index contributed by atoms with van der Waals surface area (Å²) < 4.78 is 0. The molecule has 7 atom stereocenters. The van der Waals surface area contributed by atoms with Crippen molar-refractivity contribution in [3.05, 3.63) is 35.5 Å². The summed E-state index contributed by atoms with van der Waals surface area (Å²) in [6.07, 6.45) is 12.9. The lowest BCUT2D eigenvalue weighted by atomic mass is 9.44. The first-order valence-electron chi connectivity index (χ1n) is 13.3. The summed E-state index contributed by atoms with van der Waals surface area (Å²) in [7, 11) is 0. The van der Waals surface area contributed by atoms with E-state index in [1.807, 2.05) is 6.08 Å². The number of carboxylic acids is 2. The molecule has 0 heterocycles. The predicted octanol–water partition coefficient (Wildman–Crippen LogP) is 7.66. The fourth-order valence-electron chi connectivity index (χ4n) is 8.44.